The highest BCUT2D eigenvalue weighted by Gasteiger charge is 2.28. The maximum Gasteiger partial charge on any atom is 0.253 e. The fourth-order valence-electron chi connectivity index (χ4n) is 2.63. The molecule has 1 aromatic rings. The third-order valence-electron chi connectivity index (χ3n) is 3.87. The van der Waals surface area contributed by atoms with E-state index in [9.17, 15) is 4.79 Å². The topological polar surface area (TPSA) is 46.3 Å². The second kappa shape index (κ2) is 5.53. The maximum absolute atomic E-state index is 12.4. The quantitative estimate of drug-likeness (QED) is 0.869. The number of carbonyl (C=O) groups is 1. The summed E-state index contributed by atoms with van der Waals surface area (Å²) in [6, 6.07) is 8.05. The SMILES string of the molecule is CCC1CN(C(=O)c2cccc(C)c2)CCC1N. The zero-order valence-electron chi connectivity index (χ0n) is 11.2. The maximum atomic E-state index is 12.4. The molecule has 18 heavy (non-hydrogen) atoms. The Morgan fingerprint density at radius 2 is 2.28 bits per heavy atom. The highest BCUT2D eigenvalue weighted by molar-refractivity contribution is 5.94. The summed E-state index contributed by atoms with van der Waals surface area (Å²) in [5.74, 6) is 0.580. The first-order valence-corrected chi connectivity index (χ1v) is 6.73. The minimum Gasteiger partial charge on any atom is -0.338 e. The van der Waals surface area contributed by atoms with E-state index in [2.05, 4.69) is 6.92 Å². The lowest BCUT2D eigenvalue weighted by Gasteiger charge is -2.36. The first-order valence-electron chi connectivity index (χ1n) is 6.73. The molecule has 2 atom stereocenters. The monoisotopic (exact) mass is 246 g/mol. The van der Waals surface area contributed by atoms with Crippen LogP contribution in [0.25, 0.3) is 0 Å². The summed E-state index contributed by atoms with van der Waals surface area (Å²) in [7, 11) is 0. The van der Waals surface area contributed by atoms with Crippen LogP contribution >= 0.6 is 0 Å². The Bertz CT molecular complexity index is 430. The summed E-state index contributed by atoms with van der Waals surface area (Å²) in [5, 5.41) is 0. The Kier molecular flexibility index (Phi) is 4.02. The Morgan fingerprint density at radius 1 is 1.50 bits per heavy atom. The van der Waals surface area contributed by atoms with Gasteiger partial charge in [0.25, 0.3) is 5.91 Å². The second-order valence-corrected chi connectivity index (χ2v) is 5.24. The van der Waals surface area contributed by atoms with Crippen LogP contribution in [0.4, 0.5) is 0 Å². The van der Waals surface area contributed by atoms with Gasteiger partial charge in [-0.25, -0.2) is 0 Å². The van der Waals surface area contributed by atoms with Crippen molar-refractivity contribution in [1.29, 1.82) is 0 Å². The van der Waals surface area contributed by atoms with Crippen molar-refractivity contribution in [2.45, 2.75) is 32.7 Å². The molecule has 2 rings (SSSR count). The summed E-state index contributed by atoms with van der Waals surface area (Å²) in [6.07, 6.45) is 1.95. The van der Waals surface area contributed by atoms with E-state index in [1.54, 1.807) is 0 Å². The van der Waals surface area contributed by atoms with Gasteiger partial charge in [0, 0.05) is 24.7 Å². The van der Waals surface area contributed by atoms with Gasteiger partial charge in [-0.2, -0.15) is 0 Å². The van der Waals surface area contributed by atoms with Crippen LogP contribution in [0, 0.1) is 12.8 Å². The van der Waals surface area contributed by atoms with Crippen LogP contribution in [-0.2, 0) is 0 Å². The Hall–Kier alpha value is -1.35. The van der Waals surface area contributed by atoms with Gasteiger partial charge in [-0.1, -0.05) is 31.0 Å². The minimum atomic E-state index is 0.143. The van der Waals surface area contributed by atoms with Crippen LogP contribution in [-0.4, -0.2) is 29.9 Å². The molecule has 3 nitrogen and oxygen atoms in total. The van der Waals surface area contributed by atoms with Crippen molar-refractivity contribution < 1.29 is 4.79 Å². The molecule has 0 aliphatic carbocycles. The number of benzene rings is 1. The smallest absolute Gasteiger partial charge is 0.253 e. The predicted molar refractivity (Wildman–Crippen MR) is 73.5 cm³/mol. The highest BCUT2D eigenvalue weighted by Crippen LogP contribution is 2.20. The van der Waals surface area contributed by atoms with Gasteiger partial charge in [0.2, 0.25) is 0 Å². The molecule has 1 aromatic carbocycles. The van der Waals surface area contributed by atoms with E-state index < -0.39 is 0 Å². The van der Waals surface area contributed by atoms with Crippen LogP contribution in [0.1, 0.15) is 35.7 Å². The van der Waals surface area contributed by atoms with Crippen molar-refractivity contribution in [2.75, 3.05) is 13.1 Å². The summed E-state index contributed by atoms with van der Waals surface area (Å²) in [4.78, 5) is 14.4. The highest BCUT2D eigenvalue weighted by atomic mass is 16.2. The van der Waals surface area contributed by atoms with E-state index in [-0.39, 0.29) is 11.9 Å². The number of aryl methyl sites for hydroxylation is 1. The molecule has 1 saturated heterocycles. The van der Waals surface area contributed by atoms with Gasteiger partial charge in [-0.15, -0.1) is 0 Å². The van der Waals surface area contributed by atoms with Crippen molar-refractivity contribution in [1.82, 2.24) is 4.90 Å². The molecule has 1 aliphatic rings. The zero-order valence-corrected chi connectivity index (χ0v) is 11.2. The van der Waals surface area contributed by atoms with E-state index in [1.807, 2.05) is 36.1 Å². The average Bonchev–Trinajstić information content (AvgIpc) is 2.38. The average molecular weight is 246 g/mol. The number of nitrogens with zero attached hydrogens (tertiary/aromatic N) is 1. The Balaban J connectivity index is 2.10. The van der Waals surface area contributed by atoms with Gasteiger partial charge in [0.1, 0.15) is 0 Å². The van der Waals surface area contributed by atoms with E-state index in [1.165, 1.54) is 0 Å². The van der Waals surface area contributed by atoms with Crippen molar-refractivity contribution in [2.24, 2.45) is 11.7 Å². The first-order chi connectivity index (χ1) is 8.61. The second-order valence-electron chi connectivity index (χ2n) is 5.24. The number of hydrogen-bond donors (Lipinski definition) is 1. The summed E-state index contributed by atoms with van der Waals surface area (Å²) in [6.45, 7) is 5.73. The normalized spacial score (nSPS) is 24.1. The largest absolute Gasteiger partial charge is 0.338 e. The molecule has 2 unspecified atom stereocenters. The number of likely N-dealkylation sites (tertiary alicyclic amines) is 1. The molecular weight excluding hydrogens is 224 g/mol. The molecule has 1 fully saturated rings. The summed E-state index contributed by atoms with van der Waals surface area (Å²) in [5.41, 5.74) is 8.00. The fraction of sp³-hybridized carbons (Fsp3) is 0.533. The molecule has 0 spiro atoms. The number of amides is 1. The predicted octanol–water partition coefficient (Wildman–Crippen LogP) is 2.19. The molecule has 0 aromatic heterocycles. The van der Waals surface area contributed by atoms with E-state index in [0.29, 0.717) is 5.92 Å². The third-order valence-corrected chi connectivity index (χ3v) is 3.87. The molecule has 2 N–H and O–H groups in total. The van der Waals surface area contributed by atoms with Crippen molar-refractivity contribution in [3.05, 3.63) is 35.4 Å². The van der Waals surface area contributed by atoms with Crippen molar-refractivity contribution in [3.8, 4) is 0 Å². The molecule has 1 aliphatic heterocycles. The number of carbonyl (C=O) groups excluding carboxylic acids is 1. The van der Waals surface area contributed by atoms with Gasteiger partial charge < -0.3 is 10.6 Å². The van der Waals surface area contributed by atoms with Crippen LogP contribution < -0.4 is 5.73 Å². The molecule has 98 valence electrons. The van der Waals surface area contributed by atoms with Crippen LogP contribution in [0.15, 0.2) is 24.3 Å². The Labute approximate surface area is 109 Å². The summed E-state index contributed by atoms with van der Waals surface area (Å²) < 4.78 is 0. The van der Waals surface area contributed by atoms with Crippen molar-refractivity contribution in [3.63, 3.8) is 0 Å². The van der Waals surface area contributed by atoms with Gasteiger partial charge in [-0.3, -0.25) is 4.79 Å². The van der Waals surface area contributed by atoms with Gasteiger partial charge in [0.05, 0.1) is 0 Å². The fourth-order valence-corrected chi connectivity index (χ4v) is 2.63. The Morgan fingerprint density at radius 3 is 2.94 bits per heavy atom. The first kappa shape index (κ1) is 13.1. The van der Waals surface area contributed by atoms with E-state index >= 15 is 0 Å². The lowest BCUT2D eigenvalue weighted by Crippen LogP contribution is -2.49. The molecule has 1 heterocycles. The van der Waals surface area contributed by atoms with Gasteiger partial charge in [0.15, 0.2) is 0 Å². The van der Waals surface area contributed by atoms with Crippen LogP contribution in [0.2, 0.25) is 0 Å². The lowest BCUT2D eigenvalue weighted by atomic mass is 9.90. The molecule has 0 radical (unpaired) electrons. The van der Waals surface area contributed by atoms with Crippen LogP contribution in [0.5, 0.6) is 0 Å². The number of nitrogens with two attached hydrogens (primary N) is 1. The number of hydrogen-bond acceptors (Lipinski definition) is 2. The number of rotatable bonds is 2. The van der Waals surface area contributed by atoms with Crippen molar-refractivity contribution >= 4 is 5.91 Å². The zero-order chi connectivity index (χ0) is 13.1. The van der Waals surface area contributed by atoms with Gasteiger partial charge in [-0.05, 0) is 31.4 Å². The standard InChI is InChI=1S/C15H22N2O/c1-3-12-10-17(8-7-14(12)16)15(18)13-6-4-5-11(2)9-13/h4-6,9,12,14H,3,7-8,10,16H2,1-2H3. The molecule has 0 bridgehead atoms. The molecule has 1 amide bonds. The van der Waals surface area contributed by atoms with Crippen LogP contribution in [0.3, 0.4) is 0 Å². The molecule has 0 saturated carbocycles. The summed E-state index contributed by atoms with van der Waals surface area (Å²) >= 11 is 0. The molecule has 3 heteroatoms. The third kappa shape index (κ3) is 2.72. The van der Waals surface area contributed by atoms with E-state index in [4.69, 9.17) is 5.73 Å². The lowest BCUT2D eigenvalue weighted by molar-refractivity contribution is 0.0649. The van der Waals surface area contributed by atoms with Gasteiger partial charge >= 0.3 is 0 Å². The van der Waals surface area contributed by atoms with E-state index in [0.717, 1.165) is 37.1 Å². The number of piperidine rings is 1. The minimum absolute atomic E-state index is 0.143. The molecular formula is C15H22N2O.